The fourth-order valence-corrected chi connectivity index (χ4v) is 2.21. The van der Waals surface area contributed by atoms with Gasteiger partial charge in [0.2, 0.25) is 0 Å². The van der Waals surface area contributed by atoms with E-state index in [1.54, 1.807) is 0 Å². The highest BCUT2D eigenvalue weighted by molar-refractivity contribution is 5.87. The Balaban J connectivity index is 2.68. The van der Waals surface area contributed by atoms with Gasteiger partial charge in [-0.3, -0.25) is 0 Å². The van der Waals surface area contributed by atoms with Gasteiger partial charge in [0.15, 0.2) is 0 Å². The topological polar surface area (TPSA) is 40.8 Å². The van der Waals surface area contributed by atoms with Crippen LogP contribution < -0.4 is 5.32 Å². The molecular formula is C14H17N3. The third kappa shape index (κ3) is 1.92. The largest absolute Gasteiger partial charge is 0.335 e. The lowest BCUT2D eigenvalue weighted by molar-refractivity contribution is 0.725. The third-order valence-corrected chi connectivity index (χ3v) is 3.12. The van der Waals surface area contributed by atoms with E-state index in [4.69, 9.17) is 0 Å². The third-order valence-electron chi connectivity index (χ3n) is 3.12. The van der Waals surface area contributed by atoms with Crippen LogP contribution in [-0.4, -0.2) is 11.1 Å². The van der Waals surface area contributed by atoms with E-state index in [-0.39, 0.29) is 0 Å². The Morgan fingerprint density at radius 1 is 1.41 bits per heavy atom. The summed E-state index contributed by atoms with van der Waals surface area (Å²) in [5.41, 5.74) is 4.22. The SMILES string of the molecule is CCNCc1c(C#N)n(C)c2ccc(C)cc12. The summed E-state index contributed by atoms with van der Waals surface area (Å²) in [6.45, 7) is 5.81. The lowest BCUT2D eigenvalue weighted by atomic mass is 10.1. The average molecular weight is 227 g/mol. The summed E-state index contributed by atoms with van der Waals surface area (Å²) in [6.07, 6.45) is 0. The molecule has 17 heavy (non-hydrogen) atoms. The first kappa shape index (κ1) is 11.7. The first-order valence-corrected chi connectivity index (χ1v) is 5.87. The van der Waals surface area contributed by atoms with Crippen LogP contribution in [0.25, 0.3) is 10.9 Å². The van der Waals surface area contributed by atoms with Crippen LogP contribution in [0.1, 0.15) is 23.7 Å². The minimum atomic E-state index is 0.750. The van der Waals surface area contributed by atoms with Gasteiger partial charge in [0.25, 0.3) is 0 Å². The van der Waals surface area contributed by atoms with E-state index in [2.05, 4.69) is 43.4 Å². The molecule has 0 aliphatic carbocycles. The number of aromatic nitrogens is 1. The van der Waals surface area contributed by atoms with Crippen molar-refractivity contribution >= 4 is 10.9 Å². The standard InChI is InChI=1S/C14H17N3/c1-4-16-9-12-11-7-10(2)5-6-13(11)17(3)14(12)8-15/h5-7,16H,4,9H2,1-3H3. The van der Waals surface area contributed by atoms with Gasteiger partial charge in [-0.1, -0.05) is 18.6 Å². The van der Waals surface area contributed by atoms with Crippen LogP contribution in [0, 0.1) is 18.3 Å². The lowest BCUT2D eigenvalue weighted by Crippen LogP contribution is -2.12. The van der Waals surface area contributed by atoms with Crippen molar-refractivity contribution in [2.24, 2.45) is 7.05 Å². The summed E-state index contributed by atoms with van der Waals surface area (Å²) in [4.78, 5) is 0. The molecule has 0 fully saturated rings. The molecule has 1 aromatic carbocycles. The van der Waals surface area contributed by atoms with Crippen LogP contribution in [-0.2, 0) is 13.6 Å². The summed E-state index contributed by atoms with van der Waals surface area (Å²) in [7, 11) is 1.95. The Labute approximate surface area is 102 Å². The van der Waals surface area contributed by atoms with Crippen molar-refractivity contribution in [1.29, 1.82) is 5.26 Å². The average Bonchev–Trinajstić information content (AvgIpc) is 2.58. The van der Waals surface area contributed by atoms with Gasteiger partial charge in [0.05, 0.1) is 0 Å². The molecule has 1 N–H and O–H groups in total. The molecule has 1 aromatic heterocycles. The highest BCUT2D eigenvalue weighted by atomic mass is 15.0. The summed E-state index contributed by atoms with van der Waals surface area (Å²) in [5.74, 6) is 0. The van der Waals surface area contributed by atoms with Gasteiger partial charge in [0, 0.05) is 30.1 Å². The molecule has 2 rings (SSSR count). The van der Waals surface area contributed by atoms with Crippen LogP contribution in [0.4, 0.5) is 0 Å². The molecule has 0 radical (unpaired) electrons. The van der Waals surface area contributed by atoms with Gasteiger partial charge in [-0.25, -0.2) is 0 Å². The molecular weight excluding hydrogens is 210 g/mol. The van der Waals surface area contributed by atoms with Crippen LogP contribution in [0.2, 0.25) is 0 Å². The maximum Gasteiger partial charge on any atom is 0.125 e. The number of fused-ring (bicyclic) bond motifs is 1. The first-order chi connectivity index (χ1) is 8.19. The van der Waals surface area contributed by atoms with E-state index < -0.39 is 0 Å². The van der Waals surface area contributed by atoms with Crippen molar-refractivity contribution in [2.75, 3.05) is 6.54 Å². The van der Waals surface area contributed by atoms with Gasteiger partial charge in [-0.05, 0) is 25.6 Å². The summed E-state index contributed by atoms with van der Waals surface area (Å²) in [5, 5.41) is 13.8. The molecule has 88 valence electrons. The number of hydrogen-bond donors (Lipinski definition) is 1. The summed E-state index contributed by atoms with van der Waals surface area (Å²) < 4.78 is 1.97. The van der Waals surface area contributed by atoms with Gasteiger partial charge < -0.3 is 9.88 Å². The van der Waals surface area contributed by atoms with Gasteiger partial charge in [-0.15, -0.1) is 0 Å². The van der Waals surface area contributed by atoms with E-state index >= 15 is 0 Å². The maximum absolute atomic E-state index is 9.27. The van der Waals surface area contributed by atoms with Crippen LogP contribution in [0.3, 0.4) is 0 Å². The molecule has 0 spiro atoms. The summed E-state index contributed by atoms with van der Waals surface area (Å²) >= 11 is 0. The first-order valence-electron chi connectivity index (χ1n) is 5.87. The predicted octanol–water partition coefficient (Wildman–Crippen LogP) is 2.47. The number of hydrogen-bond acceptors (Lipinski definition) is 2. The fourth-order valence-electron chi connectivity index (χ4n) is 2.21. The van der Waals surface area contributed by atoms with Gasteiger partial charge in [0.1, 0.15) is 11.8 Å². The Morgan fingerprint density at radius 3 is 2.82 bits per heavy atom. The number of benzene rings is 1. The van der Waals surface area contributed by atoms with Gasteiger partial charge in [-0.2, -0.15) is 5.26 Å². The molecule has 0 unspecified atom stereocenters. The van der Waals surface area contributed by atoms with Crippen LogP contribution in [0.15, 0.2) is 18.2 Å². The Bertz CT molecular complexity index is 588. The van der Waals surface area contributed by atoms with Crippen molar-refractivity contribution in [3.05, 3.63) is 35.0 Å². The lowest BCUT2D eigenvalue weighted by Gasteiger charge is -2.01. The van der Waals surface area contributed by atoms with Crippen LogP contribution in [0.5, 0.6) is 0 Å². The fraction of sp³-hybridized carbons (Fsp3) is 0.357. The molecule has 1 heterocycles. The summed E-state index contributed by atoms with van der Waals surface area (Å²) in [6, 6.07) is 8.63. The van der Waals surface area contributed by atoms with E-state index in [9.17, 15) is 5.26 Å². The highest BCUT2D eigenvalue weighted by Gasteiger charge is 2.14. The Morgan fingerprint density at radius 2 is 2.18 bits per heavy atom. The predicted molar refractivity (Wildman–Crippen MR) is 69.8 cm³/mol. The van der Waals surface area contributed by atoms with Crippen LogP contribution >= 0.6 is 0 Å². The zero-order valence-corrected chi connectivity index (χ0v) is 10.5. The highest BCUT2D eigenvalue weighted by Crippen LogP contribution is 2.25. The minimum Gasteiger partial charge on any atom is -0.335 e. The van der Waals surface area contributed by atoms with Crippen molar-refractivity contribution in [3.63, 3.8) is 0 Å². The smallest absolute Gasteiger partial charge is 0.125 e. The van der Waals surface area contributed by atoms with Crippen molar-refractivity contribution in [2.45, 2.75) is 20.4 Å². The quantitative estimate of drug-likeness (QED) is 0.875. The molecule has 0 saturated carbocycles. The molecule has 3 heteroatoms. The van der Waals surface area contributed by atoms with E-state index in [0.717, 1.165) is 29.9 Å². The normalized spacial score (nSPS) is 10.7. The number of aryl methyl sites for hydroxylation is 2. The number of nitrogens with one attached hydrogen (secondary N) is 1. The zero-order valence-electron chi connectivity index (χ0n) is 10.5. The Kier molecular flexibility index (Phi) is 3.16. The van der Waals surface area contributed by atoms with Crippen molar-refractivity contribution in [3.8, 4) is 6.07 Å². The van der Waals surface area contributed by atoms with E-state index in [0.29, 0.717) is 0 Å². The second-order valence-electron chi connectivity index (χ2n) is 4.30. The zero-order chi connectivity index (χ0) is 12.4. The Hall–Kier alpha value is -1.79. The van der Waals surface area contributed by atoms with Crippen molar-refractivity contribution < 1.29 is 0 Å². The van der Waals surface area contributed by atoms with E-state index in [1.807, 2.05) is 11.6 Å². The van der Waals surface area contributed by atoms with Crippen molar-refractivity contribution in [1.82, 2.24) is 9.88 Å². The minimum absolute atomic E-state index is 0.750. The molecule has 2 aromatic rings. The molecule has 3 nitrogen and oxygen atoms in total. The molecule has 0 amide bonds. The number of rotatable bonds is 3. The molecule has 0 atom stereocenters. The second-order valence-corrected chi connectivity index (χ2v) is 4.30. The maximum atomic E-state index is 9.27. The van der Waals surface area contributed by atoms with Gasteiger partial charge >= 0.3 is 0 Å². The molecule has 0 saturated heterocycles. The number of nitriles is 1. The number of nitrogens with zero attached hydrogens (tertiary/aromatic N) is 2. The molecule has 0 bridgehead atoms. The molecule has 0 aliphatic rings. The second kappa shape index (κ2) is 4.60. The van der Waals surface area contributed by atoms with E-state index in [1.165, 1.54) is 10.9 Å². The molecule has 0 aliphatic heterocycles. The monoisotopic (exact) mass is 227 g/mol.